The summed E-state index contributed by atoms with van der Waals surface area (Å²) >= 11 is 0. The van der Waals surface area contributed by atoms with E-state index in [4.69, 9.17) is 4.98 Å². The van der Waals surface area contributed by atoms with Crippen molar-refractivity contribution in [3.63, 3.8) is 0 Å². The fourth-order valence-corrected chi connectivity index (χ4v) is 5.53. The summed E-state index contributed by atoms with van der Waals surface area (Å²) in [6.07, 6.45) is 10.0. The smallest absolute Gasteiger partial charge is 0.225 e. The molecule has 3 aliphatic rings. The van der Waals surface area contributed by atoms with E-state index in [-0.39, 0.29) is 0 Å². The molecule has 2 aliphatic carbocycles. The standard InChI is InChI=1S/C30H34N8O/c39-30(21-4-5-21)38-12-10-37(11-13-38)18-20-8-9-31-24(14-20)16-29-35-25-7-6-22(15-27(25)36-29)26-17-28(33-19-32-26)34-23-2-1-3-23/h6-9,14-15,17,19,21,23H,1-5,10-13,16,18H2,(H,35,36)(H,32,33,34). The van der Waals surface area contributed by atoms with Gasteiger partial charge in [-0.2, -0.15) is 0 Å². The first-order chi connectivity index (χ1) is 19.2. The molecule has 200 valence electrons. The number of hydrogen-bond acceptors (Lipinski definition) is 7. The normalized spacial score (nSPS) is 18.3. The molecule has 1 aliphatic heterocycles. The number of carbonyl (C=O) groups excluding carboxylic acids is 1. The van der Waals surface area contributed by atoms with Crippen molar-refractivity contribution in [3.05, 3.63) is 66.0 Å². The fourth-order valence-electron chi connectivity index (χ4n) is 5.53. The maximum atomic E-state index is 12.3. The maximum Gasteiger partial charge on any atom is 0.225 e. The molecule has 39 heavy (non-hydrogen) atoms. The van der Waals surface area contributed by atoms with Crippen molar-refractivity contribution in [1.82, 2.24) is 34.7 Å². The van der Waals surface area contributed by atoms with Gasteiger partial charge in [0.05, 0.1) is 16.7 Å². The van der Waals surface area contributed by atoms with Gasteiger partial charge in [-0.15, -0.1) is 0 Å². The van der Waals surface area contributed by atoms with Gasteiger partial charge in [-0.1, -0.05) is 6.07 Å². The first-order valence-electron chi connectivity index (χ1n) is 14.2. The second kappa shape index (κ2) is 10.4. The summed E-state index contributed by atoms with van der Waals surface area (Å²) < 4.78 is 0. The molecule has 1 aromatic carbocycles. The number of carbonyl (C=O) groups is 1. The van der Waals surface area contributed by atoms with Crippen molar-refractivity contribution in [2.45, 2.75) is 51.1 Å². The number of nitrogens with zero attached hydrogens (tertiary/aromatic N) is 6. The molecule has 2 saturated carbocycles. The van der Waals surface area contributed by atoms with E-state index in [1.807, 2.05) is 18.3 Å². The number of piperazine rings is 1. The number of rotatable bonds is 8. The number of pyridine rings is 1. The molecule has 0 bridgehead atoms. The Hall–Kier alpha value is -3.85. The van der Waals surface area contributed by atoms with Gasteiger partial charge in [0.2, 0.25) is 5.91 Å². The number of H-pyrrole nitrogens is 1. The largest absolute Gasteiger partial charge is 0.367 e. The molecule has 7 rings (SSSR count). The van der Waals surface area contributed by atoms with E-state index in [0.717, 1.165) is 85.2 Å². The van der Waals surface area contributed by atoms with Gasteiger partial charge < -0.3 is 15.2 Å². The van der Waals surface area contributed by atoms with E-state index >= 15 is 0 Å². The lowest BCUT2D eigenvalue weighted by Crippen LogP contribution is -2.48. The number of anilines is 1. The number of aromatic amines is 1. The van der Waals surface area contributed by atoms with E-state index in [0.29, 0.717) is 24.3 Å². The minimum atomic E-state index is 0.309. The lowest BCUT2D eigenvalue weighted by atomic mass is 9.93. The van der Waals surface area contributed by atoms with Crippen LogP contribution in [0.15, 0.2) is 48.9 Å². The Morgan fingerprint density at radius 1 is 0.974 bits per heavy atom. The molecule has 1 amide bonds. The van der Waals surface area contributed by atoms with Crippen molar-refractivity contribution < 1.29 is 4.79 Å². The number of benzene rings is 1. The highest BCUT2D eigenvalue weighted by atomic mass is 16.2. The van der Waals surface area contributed by atoms with Crippen LogP contribution in [0.25, 0.3) is 22.3 Å². The van der Waals surface area contributed by atoms with Crippen molar-refractivity contribution in [3.8, 4) is 11.3 Å². The van der Waals surface area contributed by atoms with Crippen molar-refractivity contribution in [2.75, 3.05) is 31.5 Å². The van der Waals surface area contributed by atoms with Crippen LogP contribution in [0.5, 0.6) is 0 Å². The Kier molecular flexibility index (Phi) is 6.44. The zero-order valence-electron chi connectivity index (χ0n) is 22.1. The van der Waals surface area contributed by atoms with E-state index in [1.165, 1.54) is 24.8 Å². The van der Waals surface area contributed by atoms with Gasteiger partial charge in [-0.25, -0.2) is 15.0 Å². The van der Waals surface area contributed by atoms with E-state index in [2.05, 4.69) is 59.3 Å². The van der Waals surface area contributed by atoms with Crippen LogP contribution in [0.1, 0.15) is 49.2 Å². The highest BCUT2D eigenvalue weighted by Crippen LogP contribution is 2.31. The number of aromatic nitrogens is 5. The number of imidazole rings is 1. The molecular formula is C30H34N8O. The first kappa shape index (κ1) is 24.2. The van der Waals surface area contributed by atoms with E-state index in [9.17, 15) is 4.79 Å². The molecule has 0 unspecified atom stereocenters. The van der Waals surface area contributed by atoms with Crippen LogP contribution in [-0.4, -0.2) is 72.8 Å². The van der Waals surface area contributed by atoms with E-state index in [1.54, 1.807) is 6.33 Å². The highest BCUT2D eigenvalue weighted by molar-refractivity contribution is 5.82. The molecular weight excluding hydrogens is 488 g/mol. The Balaban J connectivity index is 1.00. The van der Waals surface area contributed by atoms with Gasteiger partial charge in [0.1, 0.15) is 18.0 Å². The Bertz CT molecular complexity index is 1480. The number of nitrogens with one attached hydrogen (secondary N) is 2. The predicted molar refractivity (Wildman–Crippen MR) is 150 cm³/mol. The van der Waals surface area contributed by atoms with Crippen LogP contribution in [0.2, 0.25) is 0 Å². The molecule has 2 N–H and O–H groups in total. The van der Waals surface area contributed by atoms with Crippen LogP contribution in [0.4, 0.5) is 5.82 Å². The summed E-state index contributed by atoms with van der Waals surface area (Å²) in [4.78, 5) is 38.6. The Labute approximate surface area is 228 Å². The Morgan fingerprint density at radius 2 is 1.85 bits per heavy atom. The summed E-state index contributed by atoms with van der Waals surface area (Å²) in [5.74, 6) is 2.45. The summed E-state index contributed by atoms with van der Waals surface area (Å²) in [5.41, 5.74) is 6.11. The van der Waals surface area contributed by atoms with Crippen molar-refractivity contribution >= 4 is 22.8 Å². The fraction of sp³-hybridized carbons (Fsp3) is 0.433. The topological polar surface area (TPSA) is 103 Å². The van der Waals surface area contributed by atoms with Crippen LogP contribution in [-0.2, 0) is 17.8 Å². The number of hydrogen-bond donors (Lipinski definition) is 2. The van der Waals surface area contributed by atoms with Gasteiger partial charge in [0.15, 0.2) is 0 Å². The molecule has 3 fully saturated rings. The molecule has 0 atom stereocenters. The predicted octanol–water partition coefficient (Wildman–Crippen LogP) is 4.02. The van der Waals surface area contributed by atoms with Crippen LogP contribution < -0.4 is 5.32 Å². The van der Waals surface area contributed by atoms with Gasteiger partial charge in [0, 0.05) is 74.6 Å². The lowest BCUT2D eigenvalue weighted by molar-refractivity contribution is -0.134. The molecule has 0 spiro atoms. The van der Waals surface area contributed by atoms with Gasteiger partial charge in [-0.05, 0) is 61.9 Å². The quantitative estimate of drug-likeness (QED) is 0.360. The maximum absolute atomic E-state index is 12.3. The van der Waals surface area contributed by atoms with Crippen LogP contribution in [0, 0.1) is 5.92 Å². The highest BCUT2D eigenvalue weighted by Gasteiger charge is 2.34. The number of amides is 1. The third kappa shape index (κ3) is 5.49. The zero-order chi connectivity index (χ0) is 26.2. The molecule has 9 heteroatoms. The third-order valence-corrected chi connectivity index (χ3v) is 8.20. The third-order valence-electron chi connectivity index (χ3n) is 8.20. The minimum Gasteiger partial charge on any atom is -0.367 e. The molecule has 4 heterocycles. The summed E-state index contributed by atoms with van der Waals surface area (Å²) in [5, 5.41) is 3.50. The second-order valence-electron chi connectivity index (χ2n) is 11.2. The lowest BCUT2D eigenvalue weighted by Gasteiger charge is -2.35. The molecule has 0 radical (unpaired) electrons. The first-order valence-corrected chi connectivity index (χ1v) is 14.2. The molecule has 4 aromatic rings. The van der Waals surface area contributed by atoms with Crippen LogP contribution >= 0.6 is 0 Å². The zero-order valence-corrected chi connectivity index (χ0v) is 22.1. The van der Waals surface area contributed by atoms with E-state index < -0.39 is 0 Å². The van der Waals surface area contributed by atoms with Gasteiger partial charge >= 0.3 is 0 Å². The van der Waals surface area contributed by atoms with Gasteiger partial charge in [0.25, 0.3) is 0 Å². The summed E-state index contributed by atoms with van der Waals surface area (Å²) in [6.45, 7) is 4.39. The monoisotopic (exact) mass is 522 g/mol. The number of fused-ring (bicyclic) bond motifs is 1. The van der Waals surface area contributed by atoms with Gasteiger partial charge in [-0.3, -0.25) is 14.7 Å². The summed E-state index contributed by atoms with van der Waals surface area (Å²) in [7, 11) is 0. The molecule has 1 saturated heterocycles. The second-order valence-corrected chi connectivity index (χ2v) is 11.2. The average Bonchev–Trinajstić information content (AvgIpc) is 3.71. The summed E-state index contributed by atoms with van der Waals surface area (Å²) in [6, 6.07) is 13.0. The SMILES string of the molecule is O=C(C1CC1)N1CCN(Cc2ccnc(Cc3nc4ccc(-c5cc(NC6CCC6)ncn5)cc4[nH]3)c2)CC1. The van der Waals surface area contributed by atoms with Crippen molar-refractivity contribution in [2.24, 2.45) is 5.92 Å². The van der Waals surface area contributed by atoms with Crippen LogP contribution in [0.3, 0.4) is 0 Å². The molecule has 9 nitrogen and oxygen atoms in total. The molecule has 3 aromatic heterocycles. The average molecular weight is 523 g/mol. The Morgan fingerprint density at radius 3 is 2.64 bits per heavy atom. The van der Waals surface area contributed by atoms with Crippen molar-refractivity contribution in [1.29, 1.82) is 0 Å². The minimum absolute atomic E-state index is 0.309.